The average molecular weight is 186 g/mol. The molecular formula is C9H18N2O2. The Balaban J connectivity index is 3.88. The smallest absolute Gasteiger partial charge is 0.219 e. The van der Waals surface area contributed by atoms with Crippen molar-refractivity contribution in [2.24, 2.45) is 0 Å². The molecule has 0 saturated heterocycles. The molecular weight excluding hydrogens is 168 g/mol. The quantitative estimate of drug-likeness (QED) is 0.668. The summed E-state index contributed by atoms with van der Waals surface area (Å²) in [5, 5.41) is 5.50. The Labute approximate surface area is 79.1 Å². The van der Waals surface area contributed by atoms with E-state index in [1.165, 1.54) is 6.92 Å². The van der Waals surface area contributed by atoms with Crippen LogP contribution in [0.15, 0.2) is 0 Å². The predicted octanol–water partition coefficient (Wildman–Crippen LogP) is 0.426. The van der Waals surface area contributed by atoms with E-state index in [0.717, 1.165) is 0 Å². The van der Waals surface area contributed by atoms with Gasteiger partial charge in [0.15, 0.2) is 0 Å². The van der Waals surface area contributed by atoms with Crippen molar-refractivity contribution in [2.75, 3.05) is 0 Å². The Kier molecular flexibility index (Phi) is 5.11. The summed E-state index contributed by atoms with van der Waals surface area (Å²) in [7, 11) is 0. The van der Waals surface area contributed by atoms with Gasteiger partial charge < -0.3 is 10.6 Å². The van der Waals surface area contributed by atoms with Gasteiger partial charge in [0.2, 0.25) is 11.8 Å². The molecule has 0 aromatic carbocycles. The zero-order valence-electron chi connectivity index (χ0n) is 8.68. The normalized spacial score (nSPS) is 14.5. The summed E-state index contributed by atoms with van der Waals surface area (Å²) in [6.07, 6.45) is 0.469. The molecule has 0 aliphatic rings. The minimum Gasteiger partial charge on any atom is -0.352 e. The number of hydrogen-bond donors (Lipinski definition) is 2. The summed E-state index contributed by atoms with van der Waals surface area (Å²) in [6.45, 7) is 6.99. The van der Waals surface area contributed by atoms with E-state index >= 15 is 0 Å². The Bertz CT molecular complexity index is 192. The summed E-state index contributed by atoms with van der Waals surface area (Å²) >= 11 is 0. The van der Waals surface area contributed by atoms with E-state index in [-0.39, 0.29) is 23.9 Å². The third-order valence-electron chi connectivity index (χ3n) is 1.89. The second-order valence-corrected chi connectivity index (χ2v) is 3.20. The molecule has 13 heavy (non-hydrogen) atoms. The molecule has 0 bridgehead atoms. The Morgan fingerprint density at radius 3 is 2.00 bits per heavy atom. The Morgan fingerprint density at radius 1 is 1.15 bits per heavy atom. The molecule has 0 aliphatic carbocycles. The van der Waals surface area contributed by atoms with Crippen molar-refractivity contribution in [2.45, 2.75) is 46.2 Å². The molecule has 0 saturated carbocycles. The number of nitrogens with one attached hydrogen (secondary N) is 2. The van der Waals surface area contributed by atoms with Crippen LogP contribution in [0.3, 0.4) is 0 Å². The van der Waals surface area contributed by atoms with E-state index in [1.807, 2.05) is 13.8 Å². The highest BCUT2D eigenvalue weighted by Gasteiger charge is 2.13. The van der Waals surface area contributed by atoms with Gasteiger partial charge in [-0.25, -0.2) is 0 Å². The van der Waals surface area contributed by atoms with Gasteiger partial charge in [0.05, 0.1) is 0 Å². The predicted molar refractivity (Wildman–Crippen MR) is 51.2 cm³/mol. The minimum atomic E-state index is -0.0786. The van der Waals surface area contributed by atoms with Gasteiger partial charge in [-0.05, 0) is 13.8 Å². The van der Waals surface area contributed by atoms with Crippen LogP contribution in [0.5, 0.6) is 0 Å². The number of rotatable bonds is 4. The van der Waals surface area contributed by atoms with Crippen molar-refractivity contribution >= 4 is 11.8 Å². The largest absolute Gasteiger partial charge is 0.352 e. The van der Waals surface area contributed by atoms with Gasteiger partial charge >= 0.3 is 0 Å². The topological polar surface area (TPSA) is 58.2 Å². The third-order valence-corrected chi connectivity index (χ3v) is 1.89. The lowest BCUT2D eigenvalue weighted by Gasteiger charge is -2.21. The van der Waals surface area contributed by atoms with Gasteiger partial charge in [0.25, 0.3) is 0 Å². The van der Waals surface area contributed by atoms with Crippen LogP contribution >= 0.6 is 0 Å². The van der Waals surface area contributed by atoms with Crippen LogP contribution in [-0.4, -0.2) is 23.9 Å². The molecule has 0 aliphatic heterocycles. The van der Waals surface area contributed by atoms with Crippen molar-refractivity contribution in [3.05, 3.63) is 0 Å². The number of amides is 2. The molecule has 0 radical (unpaired) electrons. The Morgan fingerprint density at radius 2 is 1.62 bits per heavy atom. The maximum Gasteiger partial charge on any atom is 0.219 e. The van der Waals surface area contributed by atoms with Crippen LogP contribution in [-0.2, 0) is 9.59 Å². The average Bonchev–Trinajstić information content (AvgIpc) is 2.02. The van der Waals surface area contributed by atoms with Crippen LogP contribution < -0.4 is 10.6 Å². The summed E-state index contributed by atoms with van der Waals surface area (Å²) < 4.78 is 0. The fraction of sp³-hybridized carbons (Fsp3) is 0.778. The minimum absolute atomic E-state index is 0.00435. The fourth-order valence-electron chi connectivity index (χ4n) is 0.927. The lowest BCUT2D eigenvalue weighted by atomic mass is 10.1. The molecule has 0 fully saturated rings. The van der Waals surface area contributed by atoms with E-state index in [4.69, 9.17) is 0 Å². The molecule has 4 heteroatoms. The van der Waals surface area contributed by atoms with Crippen LogP contribution in [0.4, 0.5) is 0 Å². The molecule has 2 atom stereocenters. The summed E-state index contributed by atoms with van der Waals surface area (Å²) in [5.41, 5.74) is 0. The molecule has 2 amide bonds. The van der Waals surface area contributed by atoms with Gasteiger partial charge in [0.1, 0.15) is 0 Å². The summed E-state index contributed by atoms with van der Waals surface area (Å²) in [5.74, 6) is -0.0743. The molecule has 2 unspecified atom stereocenters. The molecule has 2 N–H and O–H groups in total. The van der Waals surface area contributed by atoms with Crippen LogP contribution in [0.2, 0.25) is 0 Å². The van der Waals surface area contributed by atoms with Crippen LogP contribution in [0, 0.1) is 0 Å². The van der Waals surface area contributed by atoms with Crippen molar-refractivity contribution < 1.29 is 9.59 Å². The second kappa shape index (κ2) is 5.56. The molecule has 0 spiro atoms. The van der Waals surface area contributed by atoms with Crippen molar-refractivity contribution in [1.82, 2.24) is 10.6 Å². The zero-order valence-corrected chi connectivity index (χ0v) is 8.68. The molecule has 0 rings (SSSR count). The van der Waals surface area contributed by atoms with E-state index < -0.39 is 0 Å². The first-order valence-electron chi connectivity index (χ1n) is 4.53. The SMILES string of the molecule is CCC(=O)NC(C)C(C)NC(C)=O. The highest BCUT2D eigenvalue weighted by molar-refractivity contribution is 5.76. The van der Waals surface area contributed by atoms with Gasteiger partial charge in [-0.15, -0.1) is 0 Å². The van der Waals surface area contributed by atoms with Crippen molar-refractivity contribution in [1.29, 1.82) is 0 Å². The first-order valence-corrected chi connectivity index (χ1v) is 4.53. The summed E-state index contributed by atoms with van der Waals surface area (Å²) in [4.78, 5) is 21.7. The summed E-state index contributed by atoms with van der Waals surface area (Å²) in [6, 6.07) is -0.0654. The van der Waals surface area contributed by atoms with E-state index in [1.54, 1.807) is 6.92 Å². The lowest BCUT2D eigenvalue weighted by Crippen LogP contribution is -2.47. The van der Waals surface area contributed by atoms with Crippen LogP contribution in [0.25, 0.3) is 0 Å². The maximum atomic E-state index is 11.0. The van der Waals surface area contributed by atoms with Gasteiger partial charge in [-0.3, -0.25) is 9.59 Å². The second-order valence-electron chi connectivity index (χ2n) is 3.20. The molecule has 76 valence electrons. The van der Waals surface area contributed by atoms with Gasteiger partial charge in [-0.1, -0.05) is 6.92 Å². The fourth-order valence-corrected chi connectivity index (χ4v) is 0.927. The number of carbonyl (C=O) groups is 2. The van der Waals surface area contributed by atoms with Crippen molar-refractivity contribution in [3.63, 3.8) is 0 Å². The molecule has 0 heterocycles. The maximum absolute atomic E-state index is 11.0. The lowest BCUT2D eigenvalue weighted by molar-refractivity contribution is -0.123. The van der Waals surface area contributed by atoms with E-state index in [2.05, 4.69) is 10.6 Å². The first-order chi connectivity index (χ1) is 5.97. The molecule has 4 nitrogen and oxygen atoms in total. The van der Waals surface area contributed by atoms with Crippen molar-refractivity contribution in [3.8, 4) is 0 Å². The molecule has 0 aromatic rings. The monoisotopic (exact) mass is 186 g/mol. The number of carbonyl (C=O) groups excluding carboxylic acids is 2. The molecule has 0 aromatic heterocycles. The standard InChI is InChI=1S/C9H18N2O2/c1-5-9(13)11-7(3)6(2)10-8(4)12/h6-7H,5H2,1-4H3,(H,10,12)(H,11,13). The Hall–Kier alpha value is -1.06. The third kappa shape index (κ3) is 5.22. The van der Waals surface area contributed by atoms with E-state index in [9.17, 15) is 9.59 Å². The first kappa shape index (κ1) is 11.9. The van der Waals surface area contributed by atoms with E-state index in [0.29, 0.717) is 6.42 Å². The van der Waals surface area contributed by atoms with Gasteiger partial charge in [0, 0.05) is 25.4 Å². The van der Waals surface area contributed by atoms with Gasteiger partial charge in [-0.2, -0.15) is 0 Å². The highest BCUT2D eigenvalue weighted by Crippen LogP contribution is 1.92. The zero-order chi connectivity index (χ0) is 10.4. The highest BCUT2D eigenvalue weighted by atomic mass is 16.2. The number of hydrogen-bond acceptors (Lipinski definition) is 2. The van der Waals surface area contributed by atoms with Crippen LogP contribution in [0.1, 0.15) is 34.1 Å².